The fraction of sp³-hybridized carbons (Fsp3) is 1.00. The van der Waals surface area contributed by atoms with Crippen LogP contribution in [0, 0.1) is 0 Å². The van der Waals surface area contributed by atoms with Crippen molar-refractivity contribution >= 4 is 7.82 Å². The fourth-order valence-corrected chi connectivity index (χ4v) is 1.32. The summed E-state index contributed by atoms with van der Waals surface area (Å²) in [4.78, 5) is 16.6. The summed E-state index contributed by atoms with van der Waals surface area (Å²) in [5.74, 6) is 0. The number of phosphoric acid groups is 1. The van der Waals surface area contributed by atoms with E-state index in [1.54, 1.807) is 0 Å². The zero-order chi connectivity index (χ0) is 13.8. The molecule has 5 atom stereocenters. The molecule has 10 nitrogen and oxygen atoms in total. The molecular weight excluding hydrogens is 286 g/mol. The number of phosphoric ester groups is 1. The summed E-state index contributed by atoms with van der Waals surface area (Å²) < 4.78 is 13.9. The Morgan fingerprint density at radius 1 is 1.00 bits per heavy atom. The summed E-state index contributed by atoms with van der Waals surface area (Å²) in [5.41, 5.74) is 0. The maximum atomic E-state index is 10.3. The second kappa shape index (κ2) is 8.93. The number of hydrogen-bond donors (Lipinski definition) is 8. The van der Waals surface area contributed by atoms with E-state index in [1.807, 2.05) is 0 Å². The van der Waals surface area contributed by atoms with Gasteiger partial charge in [0.05, 0.1) is 6.61 Å². The van der Waals surface area contributed by atoms with Crippen LogP contribution >= 0.6 is 7.82 Å². The molecule has 18 heavy (non-hydrogen) atoms. The van der Waals surface area contributed by atoms with Crippen LogP contribution in [-0.4, -0.2) is 77.7 Å². The molecule has 0 saturated heterocycles. The quantitative estimate of drug-likeness (QED) is 0.127. The summed E-state index contributed by atoms with van der Waals surface area (Å²) in [7, 11) is -5.09. The Kier molecular flexibility index (Phi) is 10.5. The van der Waals surface area contributed by atoms with Crippen molar-refractivity contribution in [2.24, 2.45) is 0 Å². The first-order chi connectivity index (χ1) is 7.60. The van der Waals surface area contributed by atoms with E-state index < -0.39 is 45.1 Å². The van der Waals surface area contributed by atoms with Gasteiger partial charge < -0.3 is 41.9 Å². The van der Waals surface area contributed by atoms with E-state index in [0.29, 0.717) is 0 Å². The standard InChI is InChI=1S/C6H15O10P.Na.H/c7-1-2(8)3(9)4(10)5(11)6(12)16-17(13,14)15;;/h2-12H,1H2,(H2,13,14,15);;/q;+1;-1/t2-,3-,4+,5-,6?;;/m1../s1. The van der Waals surface area contributed by atoms with E-state index >= 15 is 0 Å². The van der Waals surface area contributed by atoms with Gasteiger partial charge in [0.1, 0.15) is 24.4 Å². The average molecular weight is 302 g/mol. The van der Waals surface area contributed by atoms with Gasteiger partial charge in [0, 0.05) is 0 Å². The van der Waals surface area contributed by atoms with Gasteiger partial charge in [-0.3, -0.25) is 4.52 Å². The zero-order valence-electron chi connectivity index (χ0n) is 10.4. The summed E-state index contributed by atoms with van der Waals surface area (Å²) in [6, 6.07) is 0. The molecular formula is C6H16NaO10P. The van der Waals surface area contributed by atoms with Crippen LogP contribution in [0.25, 0.3) is 0 Å². The third-order valence-corrected chi connectivity index (χ3v) is 2.31. The molecule has 0 aliphatic rings. The van der Waals surface area contributed by atoms with Crippen LogP contribution in [0.5, 0.6) is 0 Å². The smallest absolute Gasteiger partial charge is 1.00 e. The van der Waals surface area contributed by atoms with Gasteiger partial charge in [-0.25, -0.2) is 4.57 Å². The minimum atomic E-state index is -5.09. The van der Waals surface area contributed by atoms with Crippen molar-refractivity contribution in [3.05, 3.63) is 0 Å². The van der Waals surface area contributed by atoms with Crippen molar-refractivity contribution in [1.82, 2.24) is 0 Å². The van der Waals surface area contributed by atoms with Gasteiger partial charge in [-0.05, 0) is 0 Å². The third-order valence-electron chi connectivity index (χ3n) is 1.82. The van der Waals surface area contributed by atoms with Crippen molar-refractivity contribution in [3.8, 4) is 0 Å². The fourth-order valence-electron chi connectivity index (χ4n) is 0.909. The predicted molar refractivity (Wildman–Crippen MR) is 51.4 cm³/mol. The van der Waals surface area contributed by atoms with Crippen molar-refractivity contribution < 1.29 is 80.5 Å². The van der Waals surface area contributed by atoms with E-state index in [4.69, 9.17) is 35.3 Å². The van der Waals surface area contributed by atoms with Crippen LogP contribution in [0.15, 0.2) is 0 Å². The molecule has 0 aromatic carbocycles. The molecule has 0 radical (unpaired) electrons. The van der Waals surface area contributed by atoms with Crippen LogP contribution in [0.2, 0.25) is 0 Å². The summed E-state index contributed by atoms with van der Waals surface area (Å²) in [6.45, 7) is -0.930. The Morgan fingerprint density at radius 2 is 1.44 bits per heavy atom. The van der Waals surface area contributed by atoms with Crippen LogP contribution in [0.4, 0.5) is 0 Å². The third kappa shape index (κ3) is 7.46. The molecule has 0 spiro atoms. The van der Waals surface area contributed by atoms with E-state index in [0.717, 1.165) is 0 Å². The van der Waals surface area contributed by atoms with Gasteiger partial charge in [0.25, 0.3) is 0 Å². The van der Waals surface area contributed by atoms with Gasteiger partial charge in [-0.2, -0.15) is 0 Å². The summed E-state index contributed by atoms with van der Waals surface area (Å²) >= 11 is 0. The molecule has 12 heteroatoms. The minimum absolute atomic E-state index is 0. The second-order valence-corrected chi connectivity index (χ2v) is 4.40. The first kappa shape index (κ1) is 21.2. The summed E-state index contributed by atoms with van der Waals surface area (Å²) in [5, 5.41) is 53.8. The van der Waals surface area contributed by atoms with Crippen molar-refractivity contribution in [3.63, 3.8) is 0 Å². The van der Waals surface area contributed by atoms with Crippen LogP contribution in [-0.2, 0) is 9.09 Å². The average Bonchev–Trinajstić information content (AvgIpc) is 2.22. The van der Waals surface area contributed by atoms with E-state index in [9.17, 15) is 9.67 Å². The van der Waals surface area contributed by atoms with Crippen molar-refractivity contribution in [2.45, 2.75) is 30.7 Å². The van der Waals surface area contributed by atoms with Crippen LogP contribution in [0.3, 0.4) is 0 Å². The molecule has 0 rings (SSSR count). The number of aliphatic hydroxyl groups excluding tert-OH is 6. The molecule has 0 bridgehead atoms. The molecule has 0 amide bonds. The molecule has 0 heterocycles. The van der Waals surface area contributed by atoms with Gasteiger partial charge in [0.2, 0.25) is 0 Å². The Bertz CT molecular complexity index is 277. The molecule has 0 saturated carbocycles. The number of hydrogen-bond acceptors (Lipinski definition) is 8. The van der Waals surface area contributed by atoms with E-state index in [-0.39, 0.29) is 31.0 Å². The Hall–Kier alpha value is 0.870. The predicted octanol–water partition coefficient (Wildman–Crippen LogP) is -7.03. The van der Waals surface area contributed by atoms with E-state index in [2.05, 4.69) is 4.52 Å². The van der Waals surface area contributed by atoms with Gasteiger partial charge >= 0.3 is 37.4 Å². The maximum Gasteiger partial charge on any atom is 1.00 e. The normalized spacial score (nSPS) is 20.4. The Morgan fingerprint density at radius 3 is 1.78 bits per heavy atom. The van der Waals surface area contributed by atoms with Crippen molar-refractivity contribution in [1.29, 1.82) is 0 Å². The molecule has 0 fully saturated rings. The minimum Gasteiger partial charge on any atom is -1.00 e. The Labute approximate surface area is 125 Å². The van der Waals surface area contributed by atoms with Crippen molar-refractivity contribution in [2.75, 3.05) is 6.61 Å². The SMILES string of the molecule is O=P(O)(O)OC(O)[C@H](O)[C@@H](O)[C@H](O)[C@H](O)CO.[H-].[Na+]. The zero-order valence-corrected chi connectivity index (χ0v) is 12.3. The topological polar surface area (TPSA) is 188 Å². The molecule has 106 valence electrons. The molecule has 1 unspecified atom stereocenters. The molecule has 8 N–H and O–H groups in total. The van der Waals surface area contributed by atoms with Gasteiger partial charge in [-0.15, -0.1) is 0 Å². The molecule has 0 aromatic heterocycles. The number of rotatable bonds is 7. The van der Waals surface area contributed by atoms with Gasteiger partial charge in [0.15, 0.2) is 6.29 Å². The van der Waals surface area contributed by atoms with Gasteiger partial charge in [-0.1, -0.05) is 0 Å². The first-order valence-corrected chi connectivity index (χ1v) is 5.88. The second-order valence-electron chi connectivity index (χ2n) is 3.21. The molecule has 0 aliphatic heterocycles. The molecule has 0 aliphatic carbocycles. The first-order valence-electron chi connectivity index (χ1n) is 4.35. The monoisotopic (exact) mass is 302 g/mol. The largest absolute Gasteiger partial charge is 1.00 e. The van der Waals surface area contributed by atoms with Crippen LogP contribution < -0.4 is 29.6 Å². The van der Waals surface area contributed by atoms with Crippen LogP contribution in [0.1, 0.15) is 1.43 Å². The molecule has 0 aromatic rings. The van der Waals surface area contributed by atoms with E-state index in [1.165, 1.54) is 0 Å². The number of aliphatic hydroxyl groups is 6. The maximum absolute atomic E-state index is 10.3. The Balaban J connectivity index is -0.00000128. The summed E-state index contributed by atoms with van der Waals surface area (Å²) in [6.07, 6.45) is -10.8.